The highest BCUT2D eigenvalue weighted by Crippen LogP contribution is 2.74. The summed E-state index contributed by atoms with van der Waals surface area (Å²) in [6.45, 7) is 8.18. The average molecular weight is 423 g/mol. The first-order valence-corrected chi connectivity index (χ1v) is 12.9. The summed E-state index contributed by atoms with van der Waals surface area (Å²) in [7, 11) is -1.89. The normalized spacial score (nSPS) is 14.5. The van der Waals surface area contributed by atoms with Gasteiger partial charge in [-0.25, -0.2) is 4.79 Å². The summed E-state index contributed by atoms with van der Waals surface area (Å²) in [5.41, 5.74) is 4.03. The molecule has 6 heteroatoms. The molecule has 0 spiro atoms. The lowest BCUT2D eigenvalue weighted by Gasteiger charge is -2.27. The van der Waals surface area contributed by atoms with Crippen molar-refractivity contribution in [3.8, 4) is 6.07 Å². The van der Waals surface area contributed by atoms with E-state index >= 15 is 0 Å². The minimum atomic E-state index is -1.89. The van der Waals surface area contributed by atoms with E-state index in [1.807, 2.05) is 44.2 Å². The number of rotatable bonds is 7. The first-order chi connectivity index (χ1) is 14.2. The van der Waals surface area contributed by atoms with E-state index in [-0.39, 0.29) is 18.5 Å². The van der Waals surface area contributed by atoms with Crippen molar-refractivity contribution < 1.29 is 14.3 Å². The van der Waals surface area contributed by atoms with Crippen LogP contribution in [0.3, 0.4) is 0 Å². The lowest BCUT2D eigenvalue weighted by molar-refractivity contribution is -0.141. The third-order valence-electron chi connectivity index (χ3n) is 5.97. The van der Waals surface area contributed by atoms with Gasteiger partial charge in [0.1, 0.15) is 6.61 Å². The fraction of sp³-hybridized carbons (Fsp3) is 0.375. The van der Waals surface area contributed by atoms with Gasteiger partial charge in [0.15, 0.2) is 11.3 Å². The van der Waals surface area contributed by atoms with E-state index < -0.39 is 12.4 Å². The summed E-state index contributed by atoms with van der Waals surface area (Å²) in [6, 6.07) is 15.3. The van der Waals surface area contributed by atoms with Gasteiger partial charge in [0, 0.05) is 25.8 Å². The van der Waals surface area contributed by atoms with Crippen molar-refractivity contribution in [3.05, 3.63) is 64.7 Å². The van der Waals surface area contributed by atoms with Gasteiger partial charge in [-0.15, -0.1) is 0 Å². The van der Waals surface area contributed by atoms with Crippen LogP contribution in [0.25, 0.3) is 0 Å². The first-order valence-electron chi connectivity index (χ1n) is 10.0. The van der Waals surface area contributed by atoms with Gasteiger partial charge in [-0.2, -0.15) is 5.26 Å². The van der Waals surface area contributed by atoms with Crippen molar-refractivity contribution >= 4 is 24.8 Å². The summed E-state index contributed by atoms with van der Waals surface area (Å²) in [5.74, 6) is -0.269. The molecule has 0 heterocycles. The fourth-order valence-electron chi connectivity index (χ4n) is 3.94. The topological polar surface area (TPSA) is 79.2 Å². The van der Waals surface area contributed by atoms with Gasteiger partial charge in [0.05, 0.1) is 25.0 Å². The smallest absolute Gasteiger partial charge is 0.344 e. The number of hydrogen-bond donors (Lipinski definition) is 1. The molecule has 2 aromatic rings. The Morgan fingerprint density at radius 2 is 1.73 bits per heavy atom. The number of nitrogens with one attached hydrogen (secondary N) is 1. The Balaban J connectivity index is 1.67. The predicted octanol–water partition coefficient (Wildman–Crippen LogP) is 4.67. The zero-order chi connectivity index (χ0) is 21.9. The predicted molar refractivity (Wildman–Crippen MR) is 121 cm³/mol. The third kappa shape index (κ3) is 4.55. The standard InChI is InChI=1S/C24H27N2O3P/c1-17-12-20(14-25)13-18(2)22(17)26-23(28)24(10-11-24)30(3,4)16-21(27)29-15-19-8-6-5-7-9-19/h5-9,12-13H,10-11,15-16H2,1-4H3/p+1. The second-order valence-corrected chi connectivity index (χ2v) is 13.1. The molecule has 0 radical (unpaired) electrons. The van der Waals surface area contributed by atoms with Gasteiger partial charge in [-0.05, 0) is 42.7 Å². The number of nitrogens with zero attached hydrogens (tertiary/aromatic N) is 1. The van der Waals surface area contributed by atoms with Crippen molar-refractivity contribution in [2.45, 2.75) is 38.5 Å². The number of amides is 1. The van der Waals surface area contributed by atoms with Crippen LogP contribution in [-0.2, 0) is 20.9 Å². The van der Waals surface area contributed by atoms with Crippen LogP contribution in [0.1, 0.15) is 35.1 Å². The van der Waals surface area contributed by atoms with Crippen molar-refractivity contribution in [1.82, 2.24) is 0 Å². The average Bonchev–Trinajstić information content (AvgIpc) is 3.52. The Morgan fingerprint density at radius 1 is 1.13 bits per heavy atom. The van der Waals surface area contributed by atoms with Crippen LogP contribution in [0.4, 0.5) is 5.69 Å². The SMILES string of the molecule is Cc1cc(C#N)cc(C)c1NC(=O)C1([P+](C)(C)CC(=O)OCc2ccccc2)CC1. The van der Waals surface area contributed by atoms with Crippen molar-refractivity contribution in [3.63, 3.8) is 0 Å². The molecule has 1 N–H and O–H groups in total. The zero-order valence-corrected chi connectivity index (χ0v) is 18.9. The first kappa shape index (κ1) is 22.0. The van der Waals surface area contributed by atoms with Gasteiger partial charge in [0.25, 0.3) is 5.91 Å². The highest BCUT2D eigenvalue weighted by atomic mass is 31.2. The van der Waals surface area contributed by atoms with Crippen LogP contribution in [-0.4, -0.2) is 36.5 Å². The number of aryl methyl sites for hydroxylation is 2. The van der Waals surface area contributed by atoms with E-state index in [1.54, 1.807) is 12.1 Å². The molecule has 30 heavy (non-hydrogen) atoms. The van der Waals surface area contributed by atoms with E-state index in [0.717, 1.165) is 35.2 Å². The Bertz CT molecular complexity index is 982. The number of anilines is 1. The van der Waals surface area contributed by atoms with Crippen molar-refractivity contribution in [2.24, 2.45) is 0 Å². The summed E-state index contributed by atoms with van der Waals surface area (Å²) in [6.07, 6.45) is 1.87. The lowest BCUT2D eigenvalue weighted by Crippen LogP contribution is -2.35. The summed E-state index contributed by atoms with van der Waals surface area (Å²) >= 11 is 0. The molecular formula is C24H28N2O3P+. The van der Waals surface area contributed by atoms with E-state index in [4.69, 9.17) is 10.00 Å². The number of hydrogen-bond acceptors (Lipinski definition) is 4. The molecular weight excluding hydrogens is 395 g/mol. The number of esters is 1. The lowest BCUT2D eigenvalue weighted by atomic mass is 10.0. The highest BCUT2D eigenvalue weighted by molar-refractivity contribution is 7.78. The van der Waals surface area contributed by atoms with Crippen LogP contribution >= 0.6 is 7.26 Å². The van der Waals surface area contributed by atoms with Crippen LogP contribution in [0.2, 0.25) is 0 Å². The molecule has 2 aromatic carbocycles. The molecule has 0 aliphatic heterocycles. The monoisotopic (exact) mass is 423 g/mol. The second kappa shape index (κ2) is 8.58. The molecule has 1 saturated carbocycles. The molecule has 156 valence electrons. The van der Waals surface area contributed by atoms with Crippen LogP contribution in [0.15, 0.2) is 42.5 Å². The van der Waals surface area contributed by atoms with Crippen LogP contribution in [0.5, 0.6) is 0 Å². The quantitative estimate of drug-likeness (QED) is 0.519. The third-order valence-corrected chi connectivity index (χ3v) is 9.99. The molecule has 1 aliphatic rings. The molecule has 3 rings (SSSR count). The second-order valence-electron chi connectivity index (χ2n) is 8.57. The molecule has 5 nitrogen and oxygen atoms in total. The Hall–Kier alpha value is -2.70. The molecule has 1 fully saturated rings. The number of nitriles is 1. The number of carbonyl (C=O) groups excluding carboxylic acids is 2. The van der Waals surface area contributed by atoms with Crippen molar-refractivity contribution in [1.29, 1.82) is 5.26 Å². The van der Waals surface area contributed by atoms with Gasteiger partial charge in [-0.1, -0.05) is 30.3 Å². The molecule has 0 bridgehead atoms. The minimum absolute atomic E-state index is 0.0207. The van der Waals surface area contributed by atoms with Gasteiger partial charge < -0.3 is 10.1 Å². The molecule has 1 amide bonds. The van der Waals surface area contributed by atoms with E-state index in [2.05, 4.69) is 24.7 Å². The summed E-state index contributed by atoms with van der Waals surface area (Å²) in [5, 5.41) is 11.7. The minimum Gasteiger partial charge on any atom is -0.458 e. The molecule has 1 aliphatic carbocycles. The maximum Gasteiger partial charge on any atom is 0.344 e. The fourth-order valence-corrected chi connectivity index (χ4v) is 6.91. The number of benzene rings is 2. The molecule has 0 saturated heterocycles. The van der Waals surface area contributed by atoms with Crippen LogP contribution < -0.4 is 5.32 Å². The molecule has 0 unspecified atom stereocenters. The number of ether oxygens (including phenoxy) is 1. The van der Waals surface area contributed by atoms with E-state index in [0.29, 0.717) is 11.7 Å². The summed E-state index contributed by atoms with van der Waals surface area (Å²) < 4.78 is 5.48. The van der Waals surface area contributed by atoms with Gasteiger partial charge >= 0.3 is 5.97 Å². The largest absolute Gasteiger partial charge is 0.458 e. The Kier molecular flexibility index (Phi) is 6.29. The van der Waals surface area contributed by atoms with Gasteiger partial charge in [-0.3, -0.25) is 4.79 Å². The number of carbonyl (C=O) groups is 2. The van der Waals surface area contributed by atoms with Gasteiger partial charge in [0.2, 0.25) is 0 Å². The maximum absolute atomic E-state index is 13.3. The highest BCUT2D eigenvalue weighted by Gasteiger charge is 2.67. The van der Waals surface area contributed by atoms with E-state index in [9.17, 15) is 9.59 Å². The maximum atomic E-state index is 13.3. The molecule has 0 aromatic heterocycles. The zero-order valence-electron chi connectivity index (χ0n) is 18.0. The summed E-state index contributed by atoms with van der Waals surface area (Å²) in [4.78, 5) is 25.8. The van der Waals surface area contributed by atoms with Crippen molar-refractivity contribution in [2.75, 3.05) is 24.8 Å². The Labute approximate surface area is 178 Å². The van der Waals surface area contributed by atoms with E-state index in [1.165, 1.54) is 0 Å². The van der Waals surface area contributed by atoms with Crippen LogP contribution in [0, 0.1) is 25.2 Å². The Morgan fingerprint density at radius 3 is 2.27 bits per heavy atom. The molecule has 0 atom stereocenters.